The van der Waals surface area contributed by atoms with Crippen molar-refractivity contribution < 1.29 is 4.79 Å². The molecule has 4 rings (SSSR count). The highest BCUT2D eigenvalue weighted by Crippen LogP contribution is 2.34. The first-order valence-electron chi connectivity index (χ1n) is 10.8. The average molecular weight is 479 g/mol. The Kier molecular flexibility index (Phi) is 6.67. The molecule has 1 aliphatic heterocycles. The Morgan fingerprint density at radius 1 is 1.09 bits per heavy atom. The maximum atomic E-state index is 13.4. The minimum Gasteiger partial charge on any atom is -0.369 e. The molecular weight excluding hydrogens is 452 g/mol. The number of pyridine rings is 1. The van der Waals surface area contributed by atoms with Crippen LogP contribution in [-0.4, -0.2) is 31.1 Å². The van der Waals surface area contributed by atoms with Gasteiger partial charge < -0.3 is 5.32 Å². The number of rotatable bonds is 6. The summed E-state index contributed by atoms with van der Waals surface area (Å²) < 4.78 is 2.00. The highest BCUT2D eigenvalue weighted by Gasteiger charge is 2.32. The average Bonchev–Trinajstić information content (AvgIpc) is 3.03. The molecule has 3 aromatic rings. The lowest BCUT2D eigenvalue weighted by molar-refractivity contribution is -0.122. The van der Waals surface area contributed by atoms with E-state index in [1.54, 1.807) is 17.2 Å². The molecule has 6 nitrogen and oxygen atoms in total. The quantitative estimate of drug-likeness (QED) is 0.406. The molecule has 170 valence electrons. The van der Waals surface area contributed by atoms with Crippen LogP contribution in [0.5, 0.6) is 0 Å². The third-order valence-electron chi connectivity index (χ3n) is 5.29. The zero-order valence-electron chi connectivity index (χ0n) is 19.1. The number of amides is 1. The highest BCUT2D eigenvalue weighted by molar-refractivity contribution is 8.26. The summed E-state index contributed by atoms with van der Waals surface area (Å²) in [6.07, 6.45) is 3.39. The molecule has 0 saturated carbocycles. The Bertz CT molecular complexity index is 1330. The molecule has 1 amide bonds. The summed E-state index contributed by atoms with van der Waals surface area (Å²) in [6.45, 7) is 9.17. The van der Waals surface area contributed by atoms with Crippen LogP contribution in [0.3, 0.4) is 0 Å². The lowest BCUT2D eigenvalue weighted by Crippen LogP contribution is -2.27. The van der Waals surface area contributed by atoms with Crippen molar-refractivity contribution in [3.8, 4) is 0 Å². The van der Waals surface area contributed by atoms with E-state index in [0.717, 1.165) is 16.7 Å². The fourth-order valence-electron chi connectivity index (χ4n) is 3.47. The molecule has 0 unspecified atom stereocenters. The van der Waals surface area contributed by atoms with Gasteiger partial charge >= 0.3 is 0 Å². The van der Waals surface area contributed by atoms with Gasteiger partial charge in [0, 0.05) is 12.7 Å². The Labute approximate surface area is 202 Å². The molecule has 1 aliphatic rings. The van der Waals surface area contributed by atoms with Crippen LogP contribution in [0.1, 0.15) is 36.1 Å². The number of anilines is 1. The molecule has 0 bridgehead atoms. The molecule has 0 atom stereocenters. The normalized spacial score (nSPS) is 15.3. The topological polar surface area (TPSA) is 66.7 Å². The number of fused-ring (bicyclic) bond motifs is 1. The minimum absolute atomic E-state index is 0.200. The third kappa shape index (κ3) is 5.02. The van der Waals surface area contributed by atoms with E-state index < -0.39 is 0 Å². The van der Waals surface area contributed by atoms with Crippen LogP contribution in [0.25, 0.3) is 11.7 Å². The van der Waals surface area contributed by atoms with Gasteiger partial charge in [-0.25, -0.2) is 4.98 Å². The largest absolute Gasteiger partial charge is 0.369 e. The number of carbonyl (C=O) groups is 1. The van der Waals surface area contributed by atoms with Gasteiger partial charge in [0.05, 0.1) is 17.0 Å². The maximum Gasteiger partial charge on any atom is 0.267 e. The van der Waals surface area contributed by atoms with Crippen LogP contribution >= 0.6 is 24.0 Å². The number of aryl methyl sites for hydroxylation is 2. The van der Waals surface area contributed by atoms with Crippen LogP contribution < -0.4 is 10.9 Å². The van der Waals surface area contributed by atoms with Gasteiger partial charge in [0.25, 0.3) is 11.5 Å². The van der Waals surface area contributed by atoms with E-state index in [1.807, 2.05) is 50.2 Å². The van der Waals surface area contributed by atoms with Gasteiger partial charge in [-0.15, -0.1) is 0 Å². The zero-order chi connectivity index (χ0) is 23.7. The summed E-state index contributed by atoms with van der Waals surface area (Å²) in [5.74, 6) is 0.638. The Hall–Kier alpha value is -2.97. The number of thiocarbonyl (C=S) groups is 1. The van der Waals surface area contributed by atoms with E-state index in [9.17, 15) is 9.59 Å². The van der Waals surface area contributed by atoms with Gasteiger partial charge in [0.1, 0.15) is 15.8 Å². The number of aromatic nitrogens is 2. The Morgan fingerprint density at radius 3 is 2.48 bits per heavy atom. The fraction of sp³-hybridized carbons (Fsp3) is 0.280. The van der Waals surface area contributed by atoms with Crippen LogP contribution in [0.15, 0.2) is 52.3 Å². The lowest BCUT2D eigenvalue weighted by Gasteiger charge is -2.15. The molecule has 2 aromatic heterocycles. The minimum atomic E-state index is -0.223. The van der Waals surface area contributed by atoms with E-state index in [1.165, 1.54) is 16.2 Å². The monoisotopic (exact) mass is 478 g/mol. The van der Waals surface area contributed by atoms with Gasteiger partial charge in [0.2, 0.25) is 0 Å². The first-order valence-corrected chi connectivity index (χ1v) is 12.0. The van der Waals surface area contributed by atoms with E-state index in [4.69, 9.17) is 12.2 Å². The molecule has 3 heterocycles. The van der Waals surface area contributed by atoms with Crippen molar-refractivity contribution in [2.75, 3.05) is 11.9 Å². The van der Waals surface area contributed by atoms with E-state index in [2.05, 4.69) is 24.1 Å². The van der Waals surface area contributed by atoms with Crippen molar-refractivity contribution in [2.24, 2.45) is 5.92 Å². The molecule has 33 heavy (non-hydrogen) atoms. The summed E-state index contributed by atoms with van der Waals surface area (Å²) in [6, 6.07) is 11.8. The standard InChI is InChI=1S/C25H26N4O2S2/c1-15(2)12-26-22-19(23(30)28-13-17(4)7-10-21(28)27-22)11-20-24(31)29(25(32)33-20)14-18-8-5-16(3)6-9-18/h5-11,13,15,26H,12,14H2,1-4H3/b20-11+. The summed E-state index contributed by atoms with van der Waals surface area (Å²) in [5, 5.41) is 3.28. The first kappa shape index (κ1) is 23.2. The van der Waals surface area contributed by atoms with Crippen molar-refractivity contribution in [3.05, 3.63) is 80.1 Å². The molecular formula is C25H26N4O2S2. The highest BCUT2D eigenvalue weighted by atomic mass is 32.2. The molecule has 0 spiro atoms. The predicted molar refractivity (Wildman–Crippen MR) is 139 cm³/mol. The van der Waals surface area contributed by atoms with Crippen molar-refractivity contribution >= 4 is 51.7 Å². The van der Waals surface area contributed by atoms with Crippen LogP contribution in [0.2, 0.25) is 0 Å². The second-order valence-corrected chi connectivity index (χ2v) is 10.3. The zero-order valence-corrected chi connectivity index (χ0v) is 20.7. The lowest BCUT2D eigenvalue weighted by atomic mass is 10.1. The van der Waals surface area contributed by atoms with Gasteiger partial charge in [-0.05, 0) is 43.0 Å². The smallest absolute Gasteiger partial charge is 0.267 e. The molecule has 8 heteroatoms. The first-order chi connectivity index (χ1) is 15.7. The van der Waals surface area contributed by atoms with Crippen molar-refractivity contribution in [3.63, 3.8) is 0 Å². The van der Waals surface area contributed by atoms with Gasteiger partial charge in [0.15, 0.2) is 0 Å². The van der Waals surface area contributed by atoms with Crippen molar-refractivity contribution in [1.29, 1.82) is 0 Å². The SMILES string of the molecule is Cc1ccc(CN2C(=O)/C(=C\c3c(NCC(C)C)nc4ccc(C)cn4c3=O)SC2=S)cc1. The van der Waals surface area contributed by atoms with Crippen molar-refractivity contribution in [1.82, 2.24) is 14.3 Å². The van der Waals surface area contributed by atoms with E-state index in [0.29, 0.717) is 45.3 Å². The Morgan fingerprint density at radius 2 is 1.79 bits per heavy atom. The second kappa shape index (κ2) is 9.49. The Balaban J connectivity index is 1.73. The second-order valence-electron chi connectivity index (χ2n) is 8.64. The molecule has 0 radical (unpaired) electrons. The van der Waals surface area contributed by atoms with Crippen LogP contribution in [0.4, 0.5) is 5.82 Å². The molecule has 1 N–H and O–H groups in total. The van der Waals surface area contributed by atoms with Crippen molar-refractivity contribution in [2.45, 2.75) is 34.2 Å². The fourth-order valence-corrected chi connectivity index (χ4v) is 4.70. The number of hydrogen-bond acceptors (Lipinski definition) is 6. The number of thioether (sulfide) groups is 1. The molecule has 0 aliphatic carbocycles. The summed E-state index contributed by atoms with van der Waals surface area (Å²) in [5.41, 5.74) is 3.80. The van der Waals surface area contributed by atoms with Crippen LogP contribution in [0, 0.1) is 19.8 Å². The van der Waals surface area contributed by atoms with Gasteiger partial charge in [-0.3, -0.25) is 18.9 Å². The molecule has 1 fully saturated rings. The van der Waals surface area contributed by atoms with Gasteiger partial charge in [-0.2, -0.15) is 0 Å². The van der Waals surface area contributed by atoms with Gasteiger partial charge in [-0.1, -0.05) is 73.7 Å². The maximum absolute atomic E-state index is 13.4. The number of nitrogens with zero attached hydrogens (tertiary/aromatic N) is 3. The van der Waals surface area contributed by atoms with E-state index in [-0.39, 0.29) is 11.5 Å². The number of hydrogen-bond donors (Lipinski definition) is 1. The third-order valence-corrected chi connectivity index (χ3v) is 6.67. The number of nitrogens with one attached hydrogen (secondary N) is 1. The summed E-state index contributed by atoms with van der Waals surface area (Å²) in [7, 11) is 0. The predicted octanol–water partition coefficient (Wildman–Crippen LogP) is 4.78. The van der Waals surface area contributed by atoms with Crippen LogP contribution in [-0.2, 0) is 11.3 Å². The summed E-state index contributed by atoms with van der Waals surface area (Å²) >= 11 is 6.71. The van der Waals surface area contributed by atoms with E-state index >= 15 is 0 Å². The molecule has 1 saturated heterocycles. The summed E-state index contributed by atoms with van der Waals surface area (Å²) in [4.78, 5) is 33.3. The molecule has 1 aromatic carbocycles. The number of benzene rings is 1. The number of carbonyl (C=O) groups excluding carboxylic acids is 1.